The number of ketones is 1. The molecular formula is C12H13ClO. The first-order valence-corrected chi connectivity index (χ1v) is 4.98. The quantitative estimate of drug-likeness (QED) is 0.739. The van der Waals surface area contributed by atoms with Crippen molar-refractivity contribution in [3.63, 3.8) is 0 Å². The van der Waals surface area contributed by atoms with Crippen molar-refractivity contribution in [2.75, 3.05) is 0 Å². The van der Waals surface area contributed by atoms with Gasteiger partial charge in [0.1, 0.15) is 5.78 Å². The molecule has 0 saturated carbocycles. The molecule has 1 rings (SSSR count). The zero-order chi connectivity index (χ0) is 10.4. The summed E-state index contributed by atoms with van der Waals surface area (Å²) < 4.78 is 0. The molecule has 1 aromatic carbocycles. The Kier molecular flexibility index (Phi) is 4.41. The Balaban J connectivity index is 2.57. The zero-order valence-electron chi connectivity index (χ0n) is 8.16. The van der Waals surface area contributed by atoms with Gasteiger partial charge in [0.2, 0.25) is 0 Å². The van der Waals surface area contributed by atoms with Gasteiger partial charge >= 0.3 is 0 Å². The monoisotopic (exact) mass is 208 g/mol. The molecule has 74 valence electrons. The molecule has 0 spiro atoms. The Morgan fingerprint density at radius 1 is 1.36 bits per heavy atom. The number of carbonyl (C=O) groups excluding carboxylic acids is 1. The average Bonchev–Trinajstić information content (AvgIpc) is 2.18. The van der Waals surface area contributed by atoms with E-state index in [-0.39, 0.29) is 5.78 Å². The minimum absolute atomic E-state index is 0.193. The molecule has 0 atom stereocenters. The summed E-state index contributed by atoms with van der Waals surface area (Å²) in [5, 5.41) is 0.715. The van der Waals surface area contributed by atoms with Gasteiger partial charge in [0.25, 0.3) is 0 Å². The molecule has 0 amide bonds. The maximum Gasteiger partial charge on any atom is 0.130 e. The summed E-state index contributed by atoms with van der Waals surface area (Å²) >= 11 is 6.04. The molecular weight excluding hydrogens is 196 g/mol. The van der Waals surface area contributed by atoms with Crippen molar-refractivity contribution in [2.45, 2.75) is 19.8 Å². The molecule has 1 aromatic rings. The molecule has 0 aliphatic rings. The number of rotatable bonds is 4. The van der Waals surface area contributed by atoms with Crippen LogP contribution in [-0.4, -0.2) is 5.78 Å². The smallest absolute Gasteiger partial charge is 0.130 e. The number of carbonyl (C=O) groups is 1. The lowest BCUT2D eigenvalue weighted by molar-refractivity contribution is -0.116. The second kappa shape index (κ2) is 5.61. The van der Waals surface area contributed by atoms with E-state index in [1.54, 1.807) is 6.92 Å². The maximum atomic E-state index is 10.7. The van der Waals surface area contributed by atoms with Crippen LogP contribution in [0.1, 0.15) is 25.3 Å². The summed E-state index contributed by atoms with van der Waals surface area (Å²) in [4.78, 5) is 10.7. The molecule has 14 heavy (non-hydrogen) atoms. The van der Waals surface area contributed by atoms with Gasteiger partial charge in [-0.2, -0.15) is 0 Å². The van der Waals surface area contributed by atoms with Crippen LogP contribution in [0.5, 0.6) is 0 Å². The highest BCUT2D eigenvalue weighted by Crippen LogP contribution is 2.19. The van der Waals surface area contributed by atoms with Crippen molar-refractivity contribution in [1.29, 1.82) is 0 Å². The van der Waals surface area contributed by atoms with Gasteiger partial charge in [-0.1, -0.05) is 48.0 Å². The van der Waals surface area contributed by atoms with Crippen LogP contribution in [0, 0.1) is 0 Å². The van der Waals surface area contributed by atoms with E-state index >= 15 is 0 Å². The molecule has 0 aliphatic carbocycles. The van der Waals surface area contributed by atoms with E-state index in [0.29, 0.717) is 17.9 Å². The summed E-state index contributed by atoms with van der Waals surface area (Å²) in [5.74, 6) is 0.193. The van der Waals surface area contributed by atoms with Gasteiger partial charge in [0.15, 0.2) is 0 Å². The molecule has 0 aliphatic heterocycles. The maximum absolute atomic E-state index is 10.7. The van der Waals surface area contributed by atoms with Gasteiger partial charge in [-0.25, -0.2) is 0 Å². The van der Waals surface area contributed by atoms with Crippen molar-refractivity contribution in [2.24, 2.45) is 0 Å². The number of Topliss-reactive ketones (excluding diaryl/α,β-unsaturated/α-hetero) is 1. The highest BCUT2D eigenvalue weighted by Gasteiger charge is 1.96. The number of hydrogen-bond acceptors (Lipinski definition) is 1. The van der Waals surface area contributed by atoms with Crippen LogP contribution in [0.3, 0.4) is 0 Å². The Hall–Kier alpha value is -1.08. The lowest BCUT2D eigenvalue weighted by Gasteiger charge is -1.97. The Bertz CT molecular complexity index is 327. The third-order valence-electron chi connectivity index (χ3n) is 1.87. The van der Waals surface area contributed by atoms with Crippen molar-refractivity contribution in [3.8, 4) is 0 Å². The van der Waals surface area contributed by atoms with Gasteiger partial charge in [-0.3, -0.25) is 0 Å². The largest absolute Gasteiger partial charge is 0.300 e. The normalized spacial score (nSPS) is 11.4. The molecule has 0 fully saturated rings. The van der Waals surface area contributed by atoms with E-state index in [1.165, 1.54) is 0 Å². The Morgan fingerprint density at radius 3 is 2.57 bits per heavy atom. The Morgan fingerprint density at radius 2 is 2.00 bits per heavy atom. The van der Waals surface area contributed by atoms with Crippen molar-refractivity contribution in [1.82, 2.24) is 0 Å². The van der Waals surface area contributed by atoms with Gasteiger partial charge in [-0.05, 0) is 18.9 Å². The summed E-state index contributed by atoms with van der Waals surface area (Å²) in [7, 11) is 0. The molecule has 0 bridgehead atoms. The van der Waals surface area contributed by atoms with E-state index in [0.717, 1.165) is 5.56 Å². The predicted octanol–water partition coefficient (Wildman–Crippen LogP) is 3.64. The molecule has 2 heteroatoms. The van der Waals surface area contributed by atoms with Crippen LogP contribution in [-0.2, 0) is 4.79 Å². The first kappa shape index (κ1) is 11.0. The second-order valence-corrected chi connectivity index (χ2v) is 3.57. The fraction of sp³-hybridized carbons (Fsp3) is 0.250. The summed E-state index contributed by atoms with van der Waals surface area (Å²) in [6.45, 7) is 1.59. The van der Waals surface area contributed by atoms with Crippen molar-refractivity contribution >= 4 is 22.4 Å². The third kappa shape index (κ3) is 3.75. The van der Waals surface area contributed by atoms with Crippen LogP contribution in [0.2, 0.25) is 0 Å². The number of hydrogen-bond donors (Lipinski definition) is 0. The van der Waals surface area contributed by atoms with Gasteiger partial charge in [-0.15, -0.1) is 0 Å². The SMILES string of the molecule is CC(=O)CC/C=C(\Cl)c1ccccc1. The molecule has 0 heterocycles. The van der Waals surface area contributed by atoms with Crippen LogP contribution < -0.4 is 0 Å². The summed E-state index contributed by atoms with van der Waals surface area (Å²) in [6.07, 6.45) is 3.16. The topological polar surface area (TPSA) is 17.1 Å². The van der Waals surface area contributed by atoms with Crippen molar-refractivity contribution < 1.29 is 4.79 Å². The van der Waals surface area contributed by atoms with E-state index in [2.05, 4.69) is 0 Å². The fourth-order valence-electron chi connectivity index (χ4n) is 1.12. The zero-order valence-corrected chi connectivity index (χ0v) is 8.92. The standard InChI is InChI=1S/C12H13ClO/c1-10(14)6-5-9-12(13)11-7-3-2-4-8-11/h2-4,7-9H,5-6H2,1H3/b12-9-. The molecule has 0 N–H and O–H groups in total. The molecule has 0 radical (unpaired) electrons. The summed E-state index contributed by atoms with van der Waals surface area (Å²) in [5.41, 5.74) is 0.998. The van der Waals surface area contributed by atoms with Crippen LogP contribution in [0.4, 0.5) is 0 Å². The minimum Gasteiger partial charge on any atom is -0.300 e. The van der Waals surface area contributed by atoms with E-state index in [9.17, 15) is 4.79 Å². The average molecular weight is 209 g/mol. The van der Waals surface area contributed by atoms with E-state index < -0.39 is 0 Å². The van der Waals surface area contributed by atoms with E-state index in [1.807, 2.05) is 36.4 Å². The van der Waals surface area contributed by atoms with Crippen LogP contribution in [0.25, 0.3) is 5.03 Å². The van der Waals surface area contributed by atoms with Crippen LogP contribution in [0.15, 0.2) is 36.4 Å². The molecule has 0 aromatic heterocycles. The third-order valence-corrected chi connectivity index (χ3v) is 2.24. The Labute approximate surface area is 89.4 Å². The second-order valence-electron chi connectivity index (χ2n) is 3.16. The van der Waals surface area contributed by atoms with Gasteiger partial charge in [0, 0.05) is 11.5 Å². The van der Waals surface area contributed by atoms with Gasteiger partial charge in [0.05, 0.1) is 0 Å². The number of allylic oxidation sites excluding steroid dienone is 1. The fourth-order valence-corrected chi connectivity index (χ4v) is 1.35. The van der Waals surface area contributed by atoms with E-state index in [4.69, 9.17) is 11.6 Å². The number of halogens is 1. The highest BCUT2D eigenvalue weighted by molar-refractivity contribution is 6.48. The summed E-state index contributed by atoms with van der Waals surface area (Å²) in [6, 6.07) is 9.73. The lowest BCUT2D eigenvalue weighted by Crippen LogP contribution is -1.87. The van der Waals surface area contributed by atoms with Crippen molar-refractivity contribution in [3.05, 3.63) is 42.0 Å². The minimum atomic E-state index is 0.193. The number of benzene rings is 1. The predicted molar refractivity (Wildman–Crippen MR) is 60.2 cm³/mol. The van der Waals surface area contributed by atoms with Crippen LogP contribution >= 0.6 is 11.6 Å². The van der Waals surface area contributed by atoms with Gasteiger partial charge < -0.3 is 4.79 Å². The molecule has 0 unspecified atom stereocenters. The first-order valence-electron chi connectivity index (χ1n) is 4.60. The lowest BCUT2D eigenvalue weighted by atomic mass is 10.1. The molecule has 1 nitrogen and oxygen atoms in total. The molecule has 0 saturated heterocycles. The first-order chi connectivity index (χ1) is 6.70. The highest BCUT2D eigenvalue weighted by atomic mass is 35.5.